The Morgan fingerprint density at radius 1 is 1.07 bits per heavy atom. The van der Waals surface area contributed by atoms with Gasteiger partial charge in [-0.3, -0.25) is 9.59 Å². The van der Waals surface area contributed by atoms with E-state index in [0.717, 1.165) is 5.56 Å². The highest BCUT2D eigenvalue weighted by Crippen LogP contribution is 2.21. The summed E-state index contributed by atoms with van der Waals surface area (Å²) in [5, 5.41) is 3.20. The zero-order chi connectivity index (χ0) is 20.0. The van der Waals surface area contributed by atoms with Gasteiger partial charge in [-0.15, -0.1) is 0 Å². The monoisotopic (exact) mass is 408 g/mol. The van der Waals surface area contributed by atoms with Gasteiger partial charge in [0.1, 0.15) is 0 Å². The maximum absolute atomic E-state index is 12.1. The number of ether oxygens (including phenoxy) is 1. The van der Waals surface area contributed by atoms with Crippen molar-refractivity contribution in [2.75, 3.05) is 25.5 Å². The first-order chi connectivity index (χ1) is 12.8. The van der Waals surface area contributed by atoms with E-state index >= 15 is 0 Å². The number of likely N-dealkylation sites (N-methyl/N-ethyl adjacent to an activating group) is 1. The van der Waals surface area contributed by atoms with Crippen LogP contribution in [0, 0.1) is 6.92 Å². The van der Waals surface area contributed by atoms with E-state index in [1.54, 1.807) is 12.1 Å². The second-order valence-corrected chi connectivity index (χ2v) is 6.71. The van der Waals surface area contributed by atoms with Crippen LogP contribution in [-0.2, 0) is 14.3 Å². The Morgan fingerprint density at radius 3 is 2.37 bits per heavy atom. The van der Waals surface area contributed by atoms with Gasteiger partial charge >= 0.3 is 5.97 Å². The van der Waals surface area contributed by atoms with Crippen LogP contribution in [0.5, 0.6) is 0 Å². The number of hydrogen-bond acceptors (Lipinski definition) is 4. The highest BCUT2D eigenvalue weighted by atomic mass is 35.5. The van der Waals surface area contributed by atoms with E-state index in [4.69, 9.17) is 27.9 Å². The third-order valence-corrected chi connectivity index (χ3v) is 4.17. The molecule has 2 aromatic rings. The van der Waals surface area contributed by atoms with E-state index in [2.05, 4.69) is 5.32 Å². The predicted octanol–water partition coefficient (Wildman–Crippen LogP) is 3.56. The number of nitrogens with zero attached hydrogens (tertiary/aromatic N) is 1. The van der Waals surface area contributed by atoms with Gasteiger partial charge in [0, 0.05) is 17.8 Å². The van der Waals surface area contributed by atoms with E-state index < -0.39 is 18.5 Å². The van der Waals surface area contributed by atoms with Crippen molar-refractivity contribution in [1.82, 2.24) is 4.90 Å². The molecule has 0 saturated heterocycles. The number of carbonyl (C=O) groups is 3. The van der Waals surface area contributed by atoms with Gasteiger partial charge in [-0.2, -0.15) is 0 Å². The molecule has 0 aliphatic heterocycles. The van der Waals surface area contributed by atoms with Gasteiger partial charge in [0.15, 0.2) is 6.61 Å². The van der Waals surface area contributed by atoms with Gasteiger partial charge in [0.2, 0.25) is 5.91 Å². The van der Waals surface area contributed by atoms with Gasteiger partial charge in [0.05, 0.1) is 17.1 Å². The molecule has 0 radical (unpaired) electrons. The number of esters is 1. The highest BCUT2D eigenvalue weighted by molar-refractivity contribution is 6.36. The second-order valence-electron chi connectivity index (χ2n) is 5.86. The van der Waals surface area contributed by atoms with Crippen LogP contribution in [0.4, 0.5) is 5.69 Å². The molecule has 0 spiro atoms. The van der Waals surface area contributed by atoms with E-state index in [-0.39, 0.29) is 23.0 Å². The fourth-order valence-electron chi connectivity index (χ4n) is 2.11. The molecule has 8 heteroatoms. The molecule has 0 heterocycles. The van der Waals surface area contributed by atoms with Crippen molar-refractivity contribution in [3.05, 3.63) is 63.6 Å². The molecule has 0 aliphatic rings. The third-order valence-electron chi connectivity index (χ3n) is 3.62. The van der Waals surface area contributed by atoms with Crippen LogP contribution in [0.1, 0.15) is 15.9 Å². The minimum atomic E-state index is -0.748. The Kier molecular flexibility index (Phi) is 7.21. The molecule has 0 aromatic heterocycles. The standard InChI is InChI=1S/C19H18Cl2N2O4/c1-12-3-6-14(7-4-12)22-17(24)10-23(2)18(25)11-27-19(26)15-8-5-13(20)9-16(15)21/h3-9H,10-11H2,1-2H3,(H,22,24). The zero-order valence-corrected chi connectivity index (χ0v) is 16.3. The summed E-state index contributed by atoms with van der Waals surface area (Å²) in [6.07, 6.45) is 0. The lowest BCUT2D eigenvalue weighted by Crippen LogP contribution is -2.37. The largest absolute Gasteiger partial charge is 0.452 e. The number of amides is 2. The normalized spacial score (nSPS) is 10.2. The highest BCUT2D eigenvalue weighted by Gasteiger charge is 2.17. The van der Waals surface area contributed by atoms with Gasteiger partial charge < -0.3 is 15.0 Å². The molecular formula is C19H18Cl2N2O4. The molecule has 142 valence electrons. The topological polar surface area (TPSA) is 75.7 Å². The Hall–Kier alpha value is -2.57. The summed E-state index contributed by atoms with van der Waals surface area (Å²) in [6.45, 7) is 1.26. The van der Waals surface area contributed by atoms with Crippen molar-refractivity contribution in [2.24, 2.45) is 0 Å². The molecule has 0 aliphatic carbocycles. The van der Waals surface area contributed by atoms with Crippen LogP contribution in [0.15, 0.2) is 42.5 Å². The minimum absolute atomic E-state index is 0.105. The van der Waals surface area contributed by atoms with Gasteiger partial charge in [-0.1, -0.05) is 40.9 Å². The lowest BCUT2D eigenvalue weighted by atomic mass is 10.2. The molecule has 2 amide bonds. The van der Waals surface area contributed by atoms with Crippen LogP contribution in [0.3, 0.4) is 0 Å². The van der Waals surface area contributed by atoms with Crippen molar-refractivity contribution in [1.29, 1.82) is 0 Å². The molecular weight excluding hydrogens is 391 g/mol. The smallest absolute Gasteiger partial charge is 0.340 e. The summed E-state index contributed by atoms with van der Waals surface area (Å²) >= 11 is 11.7. The minimum Gasteiger partial charge on any atom is -0.452 e. The maximum atomic E-state index is 12.1. The van der Waals surface area contributed by atoms with Crippen molar-refractivity contribution in [2.45, 2.75) is 6.92 Å². The van der Waals surface area contributed by atoms with Crippen LogP contribution in [0.25, 0.3) is 0 Å². The van der Waals surface area contributed by atoms with Gasteiger partial charge in [-0.25, -0.2) is 4.79 Å². The summed E-state index contributed by atoms with van der Waals surface area (Å²) in [5.41, 5.74) is 1.81. The molecule has 27 heavy (non-hydrogen) atoms. The number of hydrogen-bond donors (Lipinski definition) is 1. The van der Waals surface area contributed by atoms with E-state index in [9.17, 15) is 14.4 Å². The fourth-order valence-corrected chi connectivity index (χ4v) is 2.60. The molecule has 0 saturated carbocycles. The summed E-state index contributed by atoms with van der Waals surface area (Å²) in [5.74, 6) is -1.63. The zero-order valence-electron chi connectivity index (χ0n) is 14.8. The molecule has 0 bridgehead atoms. The van der Waals surface area contributed by atoms with Crippen LogP contribution in [0.2, 0.25) is 10.0 Å². The molecule has 0 fully saturated rings. The van der Waals surface area contributed by atoms with Crippen LogP contribution in [-0.4, -0.2) is 42.9 Å². The molecule has 6 nitrogen and oxygen atoms in total. The summed E-state index contributed by atoms with van der Waals surface area (Å²) in [4.78, 5) is 37.2. The fraction of sp³-hybridized carbons (Fsp3) is 0.211. The Morgan fingerprint density at radius 2 is 1.74 bits per heavy atom. The number of aryl methyl sites for hydroxylation is 1. The molecule has 2 rings (SSSR count). The lowest BCUT2D eigenvalue weighted by molar-refractivity contribution is -0.136. The Labute approximate surface area is 167 Å². The average Bonchev–Trinajstić information content (AvgIpc) is 2.61. The Bertz CT molecular complexity index is 853. The van der Waals surface area contributed by atoms with E-state index in [1.165, 1.54) is 30.1 Å². The summed E-state index contributed by atoms with van der Waals surface area (Å²) in [7, 11) is 1.44. The van der Waals surface area contributed by atoms with E-state index in [0.29, 0.717) is 10.7 Å². The van der Waals surface area contributed by atoms with Crippen molar-refractivity contribution in [3.63, 3.8) is 0 Å². The van der Waals surface area contributed by atoms with Gasteiger partial charge in [0.25, 0.3) is 5.91 Å². The average molecular weight is 409 g/mol. The first-order valence-corrected chi connectivity index (χ1v) is 8.74. The first kappa shape index (κ1) is 20.7. The summed E-state index contributed by atoms with van der Waals surface area (Å²) < 4.78 is 4.96. The number of nitrogens with one attached hydrogen (secondary N) is 1. The quantitative estimate of drug-likeness (QED) is 0.741. The summed E-state index contributed by atoms with van der Waals surface area (Å²) in [6, 6.07) is 11.6. The third kappa shape index (κ3) is 6.27. The number of halogens is 2. The van der Waals surface area contributed by atoms with E-state index in [1.807, 2.05) is 19.1 Å². The van der Waals surface area contributed by atoms with Crippen LogP contribution >= 0.6 is 23.2 Å². The number of anilines is 1. The SMILES string of the molecule is Cc1ccc(NC(=O)CN(C)C(=O)COC(=O)c2ccc(Cl)cc2Cl)cc1. The second kappa shape index (κ2) is 9.39. The maximum Gasteiger partial charge on any atom is 0.340 e. The number of carbonyl (C=O) groups excluding carboxylic acids is 3. The number of rotatable bonds is 6. The van der Waals surface area contributed by atoms with Crippen molar-refractivity contribution in [3.8, 4) is 0 Å². The first-order valence-electron chi connectivity index (χ1n) is 7.99. The van der Waals surface area contributed by atoms with Crippen LogP contribution < -0.4 is 5.32 Å². The van der Waals surface area contributed by atoms with Gasteiger partial charge in [-0.05, 0) is 37.3 Å². The Balaban J connectivity index is 1.83. The molecule has 0 unspecified atom stereocenters. The van der Waals surface area contributed by atoms with Crippen molar-refractivity contribution < 1.29 is 19.1 Å². The number of benzene rings is 2. The molecule has 1 N–H and O–H groups in total. The molecule has 0 atom stereocenters. The lowest BCUT2D eigenvalue weighted by Gasteiger charge is -2.17. The predicted molar refractivity (Wildman–Crippen MR) is 104 cm³/mol. The van der Waals surface area contributed by atoms with Crippen molar-refractivity contribution >= 4 is 46.7 Å². The molecule has 2 aromatic carbocycles.